The topological polar surface area (TPSA) is 32.3 Å². The highest BCUT2D eigenvalue weighted by Gasteiger charge is 2.16. The highest BCUT2D eigenvalue weighted by Crippen LogP contribution is 2.13. The van der Waals surface area contributed by atoms with Crippen LogP contribution in [0.5, 0.6) is 0 Å². The van der Waals surface area contributed by atoms with E-state index in [1.54, 1.807) is 6.92 Å². The van der Waals surface area contributed by atoms with Gasteiger partial charge in [-0.05, 0) is 45.8 Å². The molecule has 0 aromatic carbocycles. The summed E-state index contributed by atoms with van der Waals surface area (Å²) in [5.41, 5.74) is 0. The van der Waals surface area contributed by atoms with Crippen molar-refractivity contribution in [3.63, 3.8) is 0 Å². The quantitative estimate of drug-likeness (QED) is 0.691. The molecule has 1 fully saturated rings. The number of carbonyl (C=O) groups excluding carboxylic acids is 1. The van der Waals surface area contributed by atoms with Crippen molar-refractivity contribution in [3.8, 4) is 0 Å². The summed E-state index contributed by atoms with van der Waals surface area (Å²) in [6.45, 7) is 5.54. The fourth-order valence-corrected chi connectivity index (χ4v) is 1.89. The van der Waals surface area contributed by atoms with Crippen LogP contribution in [0.1, 0.15) is 19.8 Å². The minimum absolute atomic E-state index is 0.226. The van der Waals surface area contributed by atoms with Gasteiger partial charge in [-0.3, -0.25) is 4.79 Å². The number of hydrogen-bond acceptors (Lipinski definition) is 3. The molecule has 1 atom stereocenters. The maximum Gasteiger partial charge on any atom is 0.143 e. The maximum absolute atomic E-state index is 10.7. The molecule has 0 radical (unpaired) electrons. The molecule has 0 amide bonds. The molecule has 76 valence electrons. The second-order valence-corrected chi connectivity index (χ2v) is 4.10. The Labute approximate surface area is 80.5 Å². The van der Waals surface area contributed by atoms with E-state index in [1.807, 2.05) is 0 Å². The van der Waals surface area contributed by atoms with Gasteiger partial charge in [-0.25, -0.2) is 0 Å². The number of nitrogens with one attached hydrogen (secondary N) is 1. The SMILES string of the molecule is CC(=O)CNCC1CCCN(C)C1. The Morgan fingerprint density at radius 2 is 2.38 bits per heavy atom. The Morgan fingerprint density at radius 1 is 1.62 bits per heavy atom. The second kappa shape index (κ2) is 5.35. The van der Waals surface area contributed by atoms with Crippen LogP contribution in [0.4, 0.5) is 0 Å². The van der Waals surface area contributed by atoms with Crippen molar-refractivity contribution in [2.24, 2.45) is 5.92 Å². The lowest BCUT2D eigenvalue weighted by Crippen LogP contribution is -2.38. The van der Waals surface area contributed by atoms with E-state index in [1.165, 1.54) is 25.9 Å². The molecule has 1 unspecified atom stereocenters. The number of likely N-dealkylation sites (tertiary alicyclic amines) is 1. The highest BCUT2D eigenvalue weighted by molar-refractivity contribution is 5.77. The number of nitrogens with zero attached hydrogens (tertiary/aromatic N) is 1. The molecule has 0 aromatic heterocycles. The first-order valence-electron chi connectivity index (χ1n) is 5.07. The molecule has 1 N–H and O–H groups in total. The number of Topliss-reactive ketones (excluding diaryl/α,β-unsaturated/α-hetero) is 1. The average molecular weight is 184 g/mol. The van der Waals surface area contributed by atoms with Crippen molar-refractivity contribution in [2.45, 2.75) is 19.8 Å². The van der Waals surface area contributed by atoms with Gasteiger partial charge in [0.1, 0.15) is 5.78 Å². The number of ketones is 1. The van der Waals surface area contributed by atoms with Gasteiger partial charge in [0.05, 0.1) is 6.54 Å². The molecule has 0 aliphatic carbocycles. The molecule has 1 saturated heterocycles. The van der Waals surface area contributed by atoms with Crippen molar-refractivity contribution in [1.82, 2.24) is 10.2 Å². The van der Waals surface area contributed by atoms with Crippen LogP contribution in [0.2, 0.25) is 0 Å². The number of rotatable bonds is 4. The summed E-state index contributed by atoms with van der Waals surface area (Å²) in [4.78, 5) is 13.0. The van der Waals surface area contributed by atoms with Gasteiger partial charge in [0.25, 0.3) is 0 Å². The zero-order valence-electron chi connectivity index (χ0n) is 8.68. The Hall–Kier alpha value is -0.410. The molecule has 0 aromatic rings. The van der Waals surface area contributed by atoms with E-state index in [2.05, 4.69) is 17.3 Å². The predicted molar refractivity (Wildman–Crippen MR) is 53.8 cm³/mol. The van der Waals surface area contributed by atoms with Gasteiger partial charge < -0.3 is 10.2 Å². The summed E-state index contributed by atoms with van der Waals surface area (Å²) in [6.07, 6.45) is 2.60. The lowest BCUT2D eigenvalue weighted by Gasteiger charge is -2.29. The van der Waals surface area contributed by atoms with Crippen LogP contribution in [-0.4, -0.2) is 43.9 Å². The van der Waals surface area contributed by atoms with Gasteiger partial charge in [-0.2, -0.15) is 0 Å². The van der Waals surface area contributed by atoms with Crippen molar-refractivity contribution in [3.05, 3.63) is 0 Å². The van der Waals surface area contributed by atoms with Gasteiger partial charge in [-0.1, -0.05) is 0 Å². The largest absolute Gasteiger partial charge is 0.310 e. The molecular formula is C10H20N2O. The zero-order chi connectivity index (χ0) is 9.68. The Bertz CT molecular complexity index is 170. The van der Waals surface area contributed by atoms with Crippen LogP contribution in [0.25, 0.3) is 0 Å². The molecular weight excluding hydrogens is 164 g/mol. The molecule has 1 aliphatic rings. The summed E-state index contributed by atoms with van der Waals surface area (Å²) in [7, 11) is 2.16. The van der Waals surface area contributed by atoms with Crippen molar-refractivity contribution >= 4 is 5.78 Å². The minimum atomic E-state index is 0.226. The van der Waals surface area contributed by atoms with E-state index < -0.39 is 0 Å². The number of hydrogen-bond donors (Lipinski definition) is 1. The maximum atomic E-state index is 10.7. The smallest absolute Gasteiger partial charge is 0.143 e. The highest BCUT2D eigenvalue weighted by atomic mass is 16.1. The molecule has 3 nitrogen and oxygen atoms in total. The minimum Gasteiger partial charge on any atom is -0.310 e. The van der Waals surface area contributed by atoms with Crippen LogP contribution in [0.3, 0.4) is 0 Å². The van der Waals surface area contributed by atoms with Gasteiger partial charge in [0.2, 0.25) is 0 Å². The van der Waals surface area contributed by atoms with Gasteiger partial charge >= 0.3 is 0 Å². The van der Waals surface area contributed by atoms with E-state index in [0.717, 1.165) is 12.5 Å². The fraction of sp³-hybridized carbons (Fsp3) is 0.900. The van der Waals surface area contributed by atoms with E-state index >= 15 is 0 Å². The first-order valence-corrected chi connectivity index (χ1v) is 5.07. The normalized spacial score (nSPS) is 24.6. The summed E-state index contributed by atoms with van der Waals surface area (Å²) in [5.74, 6) is 0.960. The molecule has 0 saturated carbocycles. The monoisotopic (exact) mass is 184 g/mol. The lowest BCUT2D eigenvalue weighted by atomic mass is 9.98. The van der Waals surface area contributed by atoms with E-state index in [0.29, 0.717) is 6.54 Å². The Balaban J connectivity index is 2.10. The van der Waals surface area contributed by atoms with Gasteiger partial charge in [0, 0.05) is 6.54 Å². The third-order valence-electron chi connectivity index (χ3n) is 2.53. The van der Waals surface area contributed by atoms with E-state index in [4.69, 9.17) is 0 Å². The zero-order valence-corrected chi connectivity index (χ0v) is 8.68. The van der Waals surface area contributed by atoms with E-state index in [9.17, 15) is 4.79 Å². The van der Waals surface area contributed by atoms with Crippen LogP contribution in [0.15, 0.2) is 0 Å². The predicted octanol–water partition coefficient (Wildman–Crippen LogP) is 0.507. The van der Waals surface area contributed by atoms with Crippen LogP contribution in [-0.2, 0) is 4.79 Å². The third-order valence-corrected chi connectivity index (χ3v) is 2.53. The molecule has 1 aliphatic heterocycles. The average Bonchev–Trinajstić information content (AvgIpc) is 2.03. The first-order chi connectivity index (χ1) is 6.18. The molecule has 0 spiro atoms. The van der Waals surface area contributed by atoms with Crippen molar-refractivity contribution in [2.75, 3.05) is 33.2 Å². The first kappa shape index (κ1) is 10.7. The Morgan fingerprint density at radius 3 is 3.00 bits per heavy atom. The molecule has 0 bridgehead atoms. The molecule has 3 heteroatoms. The third kappa shape index (κ3) is 4.39. The van der Waals surface area contributed by atoms with Crippen LogP contribution >= 0.6 is 0 Å². The fourth-order valence-electron chi connectivity index (χ4n) is 1.89. The second-order valence-electron chi connectivity index (χ2n) is 4.10. The summed E-state index contributed by atoms with van der Waals surface area (Å²) in [6, 6.07) is 0. The van der Waals surface area contributed by atoms with Crippen LogP contribution in [0, 0.1) is 5.92 Å². The van der Waals surface area contributed by atoms with Gasteiger partial charge in [0.15, 0.2) is 0 Å². The molecule has 1 rings (SSSR count). The number of carbonyl (C=O) groups is 1. The van der Waals surface area contributed by atoms with Crippen molar-refractivity contribution in [1.29, 1.82) is 0 Å². The molecule has 1 heterocycles. The molecule has 13 heavy (non-hydrogen) atoms. The van der Waals surface area contributed by atoms with E-state index in [-0.39, 0.29) is 5.78 Å². The Kier molecular flexibility index (Phi) is 4.39. The van der Waals surface area contributed by atoms with Gasteiger partial charge in [-0.15, -0.1) is 0 Å². The standard InChI is InChI=1S/C10H20N2O/c1-9(13)6-11-7-10-4-3-5-12(2)8-10/h10-11H,3-8H2,1-2H3. The van der Waals surface area contributed by atoms with Crippen molar-refractivity contribution < 1.29 is 4.79 Å². The summed E-state index contributed by atoms with van der Waals surface area (Å²) >= 11 is 0. The number of piperidine rings is 1. The van der Waals surface area contributed by atoms with Crippen LogP contribution < -0.4 is 5.32 Å². The lowest BCUT2D eigenvalue weighted by molar-refractivity contribution is -0.116. The summed E-state index contributed by atoms with van der Waals surface area (Å²) < 4.78 is 0. The summed E-state index contributed by atoms with van der Waals surface area (Å²) in [5, 5.41) is 3.20.